The van der Waals surface area contributed by atoms with Gasteiger partial charge in [-0.15, -0.1) is 0 Å². The summed E-state index contributed by atoms with van der Waals surface area (Å²) in [6.45, 7) is 7.62. The van der Waals surface area contributed by atoms with Gasteiger partial charge in [-0.2, -0.15) is 0 Å². The average Bonchev–Trinajstić information content (AvgIpc) is 2.17. The van der Waals surface area contributed by atoms with Crippen LogP contribution in [0.3, 0.4) is 0 Å². The average molecular weight is 169 g/mol. The third-order valence-electron chi connectivity index (χ3n) is 2.07. The van der Waals surface area contributed by atoms with E-state index < -0.39 is 6.10 Å². The standard InChI is InChI=1S/C9H15NO2/c1-5(2)4-7-8(11)6(3)9(12)10-7/h5,7-8,11H,3-4H2,1-2H3,(H,10,12)/t7?,8-/m0/s1. The summed E-state index contributed by atoms with van der Waals surface area (Å²) in [7, 11) is 0. The Morgan fingerprint density at radius 3 is 2.58 bits per heavy atom. The molecule has 1 rings (SSSR count). The first-order valence-corrected chi connectivity index (χ1v) is 4.20. The van der Waals surface area contributed by atoms with Crippen molar-refractivity contribution in [3.8, 4) is 0 Å². The van der Waals surface area contributed by atoms with Gasteiger partial charge in [-0.05, 0) is 12.3 Å². The molecule has 1 fully saturated rings. The lowest BCUT2D eigenvalue weighted by molar-refractivity contribution is -0.116. The molecule has 0 aliphatic carbocycles. The minimum Gasteiger partial charge on any atom is -0.386 e. The smallest absolute Gasteiger partial charge is 0.249 e. The normalized spacial score (nSPS) is 29.7. The topological polar surface area (TPSA) is 49.3 Å². The SMILES string of the molecule is C=C1C(=O)NC(CC(C)C)[C@H]1O. The maximum atomic E-state index is 11.0. The van der Waals surface area contributed by atoms with Gasteiger partial charge in [0.2, 0.25) is 5.91 Å². The summed E-state index contributed by atoms with van der Waals surface area (Å²) in [6.07, 6.45) is 0.103. The van der Waals surface area contributed by atoms with Crippen LogP contribution in [-0.4, -0.2) is 23.2 Å². The number of hydrogen-bond acceptors (Lipinski definition) is 2. The molecule has 0 bridgehead atoms. The monoisotopic (exact) mass is 169 g/mol. The maximum absolute atomic E-state index is 11.0. The molecule has 1 unspecified atom stereocenters. The molecule has 2 atom stereocenters. The Labute approximate surface area is 72.5 Å². The zero-order valence-electron chi connectivity index (χ0n) is 7.50. The lowest BCUT2D eigenvalue weighted by Crippen LogP contribution is -2.32. The Morgan fingerprint density at radius 1 is 1.67 bits per heavy atom. The van der Waals surface area contributed by atoms with Crippen LogP contribution in [0.25, 0.3) is 0 Å². The van der Waals surface area contributed by atoms with Crippen molar-refractivity contribution in [2.24, 2.45) is 5.92 Å². The van der Waals surface area contributed by atoms with Crippen molar-refractivity contribution < 1.29 is 9.90 Å². The number of hydrogen-bond donors (Lipinski definition) is 2. The predicted octanol–water partition coefficient (Wildman–Crippen LogP) is 0.448. The summed E-state index contributed by atoms with van der Waals surface area (Å²) >= 11 is 0. The Balaban J connectivity index is 2.59. The molecule has 1 heterocycles. The first-order chi connectivity index (χ1) is 5.52. The van der Waals surface area contributed by atoms with E-state index in [-0.39, 0.29) is 11.9 Å². The first kappa shape index (κ1) is 9.26. The Hall–Kier alpha value is -0.830. The largest absolute Gasteiger partial charge is 0.386 e. The predicted molar refractivity (Wildman–Crippen MR) is 46.5 cm³/mol. The minimum absolute atomic E-state index is 0.134. The van der Waals surface area contributed by atoms with Gasteiger partial charge in [0.1, 0.15) is 6.10 Å². The highest BCUT2D eigenvalue weighted by molar-refractivity contribution is 5.96. The molecule has 3 nitrogen and oxygen atoms in total. The number of aliphatic hydroxyl groups is 1. The summed E-state index contributed by atoms with van der Waals surface area (Å²) in [5.41, 5.74) is 0.292. The van der Waals surface area contributed by atoms with E-state index in [1.165, 1.54) is 0 Å². The molecule has 2 N–H and O–H groups in total. The number of nitrogens with one attached hydrogen (secondary N) is 1. The fourth-order valence-electron chi connectivity index (χ4n) is 1.41. The van der Waals surface area contributed by atoms with Crippen molar-refractivity contribution in [2.45, 2.75) is 32.4 Å². The van der Waals surface area contributed by atoms with Crippen LogP contribution in [0.15, 0.2) is 12.2 Å². The van der Waals surface area contributed by atoms with Crippen molar-refractivity contribution in [3.63, 3.8) is 0 Å². The quantitative estimate of drug-likeness (QED) is 0.589. The molecule has 0 saturated carbocycles. The van der Waals surface area contributed by atoms with Crippen LogP contribution in [0.2, 0.25) is 0 Å². The Morgan fingerprint density at radius 2 is 2.25 bits per heavy atom. The van der Waals surface area contributed by atoms with Gasteiger partial charge in [-0.25, -0.2) is 0 Å². The van der Waals surface area contributed by atoms with Crippen LogP contribution in [0.5, 0.6) is 0 Å². The van der Waals surface area contributed by atoms with Gasteiger partial charge in [0.15, 0.2) is 0 Å². The van der Waals surface area contributed by atoms with E-state index in [0.717, 1.165) is 6.42 Å². The van der Waals surface area contributed by atoms with Gasteiger partial charge < -0.3 is 10.4 Å². The fourth-order valence-corrected chi connectivity index (χ4v) is 1.41. The molecule has 0 aromatic heterocycles. The van der Waals surface area contributed by atoms with Crippen LogP contribution in [0.1, 0.15) is 20.3 Å². The van der Waals surface area contributed by atoms with Crippen LogP contribution in [-0.2, 0) is 4.79 Å². The summed E-state index contributed by atoms with van der Waals surface area (Å²) in [5.74, 6) is 0.254. The number of rotatable bonds is 2. The van der Waals surface area contributed by atoms with E-state index in [1.807, 2.05) is 0 Å². The highest BCUT2D eigenvalue weighted by Crippen LogP contribution is 2.19. The van der Waals surface area contributed by atoms with Crippen molar-refractivity contribution in [1.29, 1.82) is 0 Å². The molecule has 0 spiro atoms. The number of carbonyl (C=O) groups excluding carboxylic acids is 1. The zero-order valence-corrected chi connectivity index (χ0v) is 7.50. The number of amides is 1. The summed E-state index contributed by atoms with van der Waals surface area (Å²) < 4.78 is 0. The summed E-state index contributed by atoms with van der Waals surface area (Å²) in [5, 5.41) is 12.2. The molecule has 0 radical (unpaired) electrons. The first-order valence-electron chi connectivity index (χ1n) is 4.20. The third-order valence-corrected chi connectivity index (χ3v) is 2.07. The van der Waals surface area contributed by atoms with Gasteiger partial charge in [-0.1, -0.05) is 20.4 Å². The van der Waals surface area contributed by atoms with E-state index in [2.05, 4.69) is 25.7 Å². The van der Waals surface area contributed by atoms with Gasteiger partial charge in [0, 0.05) is 5.57 Å². The van der Waals surface area contributed by atoms with Gasteiger partial charge >= 0.3 is 0 Å². The second-order valence-electron chi connectivity index (χ2n) is 3.68. The van der Waals surface area contributed by atoms with E-state index >= 15 is 0 Å². The van der Waals surface area contributed by atoms with E-state index in [4.69, 9.17) is 0 Å². The molecule has 1 aliphatic rings. The molecular weight excluding hydrogens is 154 g/mol. The lowest BCUT2D eigenvalue weighted by atomic mass is 9.99. The van der Waals surface area contributed by atoms with Crippen molar-refractivity contribution >= 4 is 5.91 Å². The van der Waals surface area contributed by atoms with Crippen LogP contribution >= 0.6 is 0 Å². The molecular formula is C9H15NO2. The minimum atomic E-state index is -0.695. The van der Waals surface area contributed by atoms with Gasteiger partial charge in [-0.3, -0.25) is 4.79 Å². The third kappa shape index (κ3) is 1.67. The van der Waals surface area contributed by atoms with Crippen LogP contribution in [0.4, 0.5) is 0 Å². The van der Waals surface area contributed by atoms with E-state index in [9.17, 15) is 9.90 Å². The number of aliphatic hydroxyl groups excluding tert-OH is 1. The molecule has 1 aliphatic heterocycles. The van der Waals surface area contributed by atoms with Gasteiger partial charge in [0.05, 0.1) is 6.04 Å². The molecule has 3 heteroatoms. The lowest BCUT2D eigenvalue weighted by Gasteiger charge is -2.15. The molecule has 1 saturated heterocycles. The van der Waals surface area contributed by atoms with Crippen molar-refractivity contribution in [1.82, 2.24) is 5.32 Å². The molecule has 1 amide bonds. The van der Waals surface area contributed by atoms with E-state index in [0.29, 0.717) is 11.5 Å². The molecule has 68 valence electrons. The van der Waals surface area contributed by atoms with Crippen molar-refractivity contribution in [3.05, 3.63) is 12.2 Å². The zero-order chi connectivity index (χ0) is 9.30. The fraction of sp³-hybridized carbons (Fsp3) is 0.667. The van der Waals surface area contributed by atoms with Gasteiger partial charge in [0.25, 0.3) is 0 Å². The highest BCUT2D eigenvalue weighted by Gasteiger charge is 2.34. The van der Waals surface area contributed by atoms with Crippen LogP contribution < -0.4 is 5.32 Å². The Bertz CT molecular complexity index is 211. The molecule has 0 aromatic carbocycles. The van der Waals surface area contributed by atoms with E-state index in [1.54, 1.807) is 0 Å². The Kier molecular flexibility index (Phi) is 2.52. The highest BCUT2D eigenvalue weighted by atomic mass is 16.3. The second kappa shape index (κ2) is 3.27. The summed E-state index contributed by atoms with van der Waals surface area (Å²) in [4.78, 5) is 11.0. The van der Waals surface area contributed by atoms with Crippen molar-refractivity contribution in [2.75, 3.05) is 0 Å². The summed E-state index contributed by atoms with van der Waals surface area (Å²) in [6, 6.07) is -0.134. The second-order valence-corrected chi connectivity index (χ2v) is 3.68. The molecule has 0 aromatic rings. The number of carbonyl (C=O) groups is 1. The van der Waals surface area contributed by atoms with Crippen LogP contribution in [0, 0.1) is 5.92 Å². The molecule has 12 heavy (non-hydrogen) atoms. The maximum Gasteiger partial charge on any atom is 0.249 e.